The van der Waals surface area contributed by atoms with E-state index in [0.29, 0.717) is 29.3 Å². The van der Waals surface area contributed by atoms with Crippen molar-refractivity contribution >= 4 is 23.3 Å². The van der Waals surface area contributed by atoms with Crippen molar-refractivity contribution in [3.05, 3.63) is 84.0 Å². The van der Waals surface area contributed by atoms with Crippen molar-refractivity contribution in [1.29, 1.82) is 0 Å². The normalized spacial score (nSPS) is 17.2. The number of nitrogens with one attached hydrogen (secondary N) is 1. The van der Waals surface area contributed by atoms with Crippen LogP contribution >= 0.6 is 0 Å². The monoisotopic (exact) mass is 472 g/mol. The number of primary amides is 1. The number of allylic oxidation sites excluding steroid dienone is 1. The van der Waals surface area contributed by atoms with Crippen LogP contribution in [-0.2, 0) is 4.79 Å². The number of amides is 2. The van der Waals surface area contributed by atoms with E-state index < -0.39 is 18.0 Å². The fourth-order valence-corrected chi connectivity index (χ4v) is 4.29. The van der Waals surface area contributed by atoms with Crippen LogP contribution in [0.3, 0.4) is 0 Å². The second kappa shape index (κ2) is 9.43. The Bertz CT molecular complexity index is 1280. The van der Waals surface area contributed by atoms with Gasteiger partial charge in [-0.2, -0.15) is 0 Å². The van der Waals surface area contributed by atoms with Gasteiger partial charge in [-0.1, -0.05) is 18.2 Å². The Morgan fingerprint density at radius 2 is 1.89 bits per heavy atom. The number of hydrogen-bond donors (Lipinski definition) is 3. The van der Waals surface area contributed by atoms with E-state index in [9.17, 15) is 14.7 Å². The first-order chi connectivity index (χ1) is 17.0. The maximum Gasteiger partial charge on any atom is 0.267 e. The lowest BCUT2D eigenvalue weighted by atomic mass is 10.0. The van der Waals surface area contributed by atoms with E-state index >= 15 is 0 Å². The molecule has 4 N–H and O–H groups in total. The summed E-state index contributed by atoms with van der Waals surface area (Å²) in [5, 5.41) is 17.7. The third kappa shape index (κ3) is 4.51. The van der Waals surface area contributed by atoms with Gasteiger partial charge >= 0.3 is 0 Å². The van der Waals surface area contributed by atoms with Crippen molar-refractivity contribution in [1.82, 2.24) is 15.0 Å². The topological polar surface area (TPSA) is 134 Å². The van der Waals surface area contributed by atoms with E-state index in [4.69, 9.17) is 10.5 Å². The number of aliphatic hydroxyl groups excluding tert-OH is 1. The Morgan fingerprint density at radius 1 is 1.06 bits per heavy atom. The maximum atomic E-state index is 13.2. The predicted octanol–water partition coefficient (Wildman–Crippen LogP) is 2.80. The minimum Gasteiger partial charge on any atom is -0.456 e. The summed E-state index contributed by atoms with van der Waals surface area (Å²) in [6.45, 7) is 0.731. The van der Waals surface area contributed by atoms with Crippen molar-refractivity contribution in [2.45, 2.75) is 25.5 Å². The number of carbonyl (C=O) groups excluding carboxylic acids is 2. The van der Waals surface area contributed by atoms with Gasteiger partial charge in [-0.15, -0.1) is 0 Å². The van der Waals surface area contributed by atoms with E-state index in [2.05, 4.69) is 15.3 Å². The molecule has 1 fully saturated rings. The number of ether oxygens (including phenoxy) is 1. The zero-order chi connectivity index (χ0) is 24.4. The fraction of sp³-hybridized carbons (Fsp3) is 0.200. The van der Waals surface area contributed by atoms with Crippen LogP contribution in [0.15, 0.2) is 78.3 Å². The van der Waals surface area contributed by atoms with Gasteiger partial charge in [0.2, 0.25) is 0 Å². The van der Waals surface area contributed by atoms with Gasteiger partial charge in [0.1, 0.15) is 23.0 Å². The minimum atomic E-state index is -1.10. The number of nitrogens with zero attached hydrogens (tertiary/aromatic N) is 4. The summed E-state index contributed by atoms with van der Waals surface area (Å²) in [6.07, 6.45) is 4.42. The first-order valence-electron chi connectivity index (χ1n) is 11.3. The van der Waals surface area contributed by atoms with E-state index in [1.165, 1.54) is 18.5 Å². The number of para-hydroxylation sites is 1. The molecule has 2 aliphatic heterocycles. The molecule has 4 heterocycles. The Balaban J connectivity index is 1.32. The molecule has 0 bridgehead atoms. The standard InChI is InChI=1S/C25H24N6O4/c26-23(32)19-14-17(11-12-27-19)35-18-9-10-21(28-15-18)29-24(33)22-20-8-4-5-13-30(20)31(25(22)34)16-6-2-1-3-7-16/h1-3,6-7,9-12,14-15,25,34H,4-5,8,13H2,(H2,26,32)(H,28,29,33). The predicted molar refractivity (Wildman–Crippen MR) is 128 cm³/mol. The summed E-state index contributed by atoms with van der Waals surface area (Å²) in [7, 11) is 0. The lowest BCUT2D eigenvalue weighted by Gasteiger charge is -2.37. The molecule has 1 atom stereocenters. The molecule has 3 aromatic rings. The van der Waals surface area contributed by atoms with Gasteiger partial charge in [0, 0.05) is 24.5 Å². The molecular weight excluding hydrogens is 448 g/mol. The second-order valence-electron chi connectivity index (χ2n) is 8.17. The third-order valence-electron chi connectivity index (χ3n) is 5.87. The Kier molecular flexibility index (Phi) is 6.02. The lowest BCUT2D eigenvalue weighted by Crippen LogP contribution is -2.45. The molecule has 1 saturated heterocycles. The van der Waals surface area contributed by atoms with Crippen LogP contribution in [0.25, 0.3) is 0 Å². The molecule has 35 heavy (non-hydrogen) atoms. The van der Waals surface area contributed by atoms with Crippen LogP contribution in [0.5, 0.6) is 11.5 Å². The van der Waals surface area contributed by atoms with E-state index in [1.807, 2.05) is 35.3 Å². The van der Waals surface area contributed by atoms with Crippen molar-refractivity contribution in [3.8, 4) is 11.5 Å². The molecule has 1 unspecified atom stereocenters. The summed E-state index contributed by atoms with van der Waals surface area (Å²) >= 11 is 0. The SMILES string of the molecule is NC(=O)c1cc(Oc2ccc(NC(=O)C3=C4CCCCN4N(c4ccccc4)C3O)nc2)ccn1. The Hall–Kier alpha value is -4.44. The highest BCUT2D eigenvalue weighted by Gasteiger charge is 2.42. The number of benzene rings is 1. The summed E-state index contributed by atoms with van der Waals surface area (Å²) in [4.78, 5) is 32.7. The van der Waals surface area contributed by atoms with E-state index in [1.54, 1.807) is 23.2 Å². The second-order valence-corrected chi connectivity index (χ2v) is 8.17. The quantitative estimate of drug-likeness (QED) is 0.499. The molecule has 2 amide bonds. The molecule has 0 radical (unpaired) electrons. The van der Waals surface area contributed by atoms with Crippen LogP contribution in [0, 0.1) is 0 Å². The highest BCUT2D eigenvalue weighted by molar-refractivity contribution is 6.05. The Morgan fingerprint density at radius 3 is 2.63 bits per heavy atom. The molecule has 1 aromatic carbocycles. The van der Waals surface area contributed by atoms with Crippen molar-refractivity contribution in [3.63, 3.8) is 0 Å². The third-order valence-corrected chi connectivity index (χ3v) is 5.87. The van der Waals surface area contributed by atoms with Gasteiger partial charge in [0.15, 0.2) is 6.23 Å². The zero-order valence-corrected chi connectivity index (χ0v) is 18.8. The van der Waals surface area contributed by atoms with Gasteiger partial charge in [-0.05, 0) is 49.6 Å². The molecule has 0 aliphatic carbocycles. The number of carbonyl (C=O) groups is 2. The van der Waals surface area contributed by atoms with Crippen LogP contribution in [-0.4, -0.2) is 44.7 Å². The first-order valence-corrected chi connectivity index (χ1v) is 11.3. The molecule has 5 rings (SSSR count). The number of fused-ring (bicyclic) bond motifs is 1. The highest BCUT2D eigenvalue weighted by Crippen LogP contribution is 2.38. The van der Waals surface area contributed by atoms with Crippen molar-refractivity contribution < 1.29 is 19.4 Å². The fourth-order valence-electron chi connectivity index (χ4n) is 4.29. The van der Waals surface area contributed by atoms with Gasteiger partial charge < -0.3 is 20.9 Å². The minimum absolute atomic E-state index is 0.0882. The van der Waals surface area contributed by atoms with Gasteiger partial charge in [-0.3, -0.25) is 24.6 Å². The number of hydrogen-bond acceptors (Lipinski definition) is 8. The van der Waals surface area contributed by atoms with E-state index in [-0.39, 0.29) is 5.69 Å². The lowest BCUT2D eigenvalue weighted by molar-refractivity contribution is -0.113. The Labute approximate surface area is 201 Å². The summed E-state index contributed by atoms with van der Waals surface area (Å²) < 4.78 is 5.69. The number of pyridine rings is 2. The van der Waals surface area contributed by atoms with Crippen LogP contribution in [0.4, 0.5) is 11.5 Å². The van der Waals surface area contributed by atoms with Crippen molar-refractivity contribution in [2.75, 3.05) is 16.9 Å². The van der Waals surface area contributed by atoms with Crippen LogP contribution in [0.1, 0.15) is 29.8 Å². The number of aliphatic hydroxyl groups is 1. The van der Waals surface area contributed by atoms with Gasteiger partial charge in [0.25, 0.3) is 11.8 Å². The molecule has 10 heteroatoms. The zero-order valence-electron chi connectivity index (χ0n) is 18.8. The summed E-state index contributed by atoms with van der Waals surface area (Å²) in [5.41, 5.74) is 7.31. The average Bonchev–Trinajstić information content (AvgIpc) is 3.17. The highest BCUT2D eigenvalue weighted by atomic mass is 16.5. The average molecular weight is 473 g/mol. The van der Waals surface area contributed by atoms with E-state index in [0.717, 1.165) is 30.8 Å². The smallest absolute Gasteiger partial charge is 0.267 e. The number of piperidine rings is 1. The van der Waals surface area contributed by atoms with Gasteiger partial charge in [-0.25, -0.2) is 4.98 Å². The number of nitrogens with two attached hydrogens (primary N) is 1. The maximum absolute atomic E-state index is 13.2. The molecular formula is C25H24N6O4. The summed E-state index contributed by atoms with van der Waals surface area (Å²) in [5.74, 6) is 0.0430. The van der Waals surface area contributed by atoms with Gasteiger partial charge in [0.05, 0.1) is 17.5 Å². The van der Waals surface area contributed by atoms with Crippen LogP contribution < -0.4 is 20.8 Å². The number of rotatable bonds is 6. The van der Waals surface area contributed by atoms with Crippen LogP contribution in [0.2, 0.25) is 0 Å². The first kappa shape index (κ1) is 22.4. The largest absolute Gasteiger partial charge is 0.456 e. The van der Waals surface area contributed by atoms with Crippen molar-refractivity contribution in [2.24, 2.45) is 5.73 Å². The number of anilines is 2. The number of aromatic nitrogens is 2. The molecule has 10 nitrogen and oxygen atoms in total. The molecule has 178 valence electrons. The molecule has 2 aliphatic rings. The molecule has 2 aromatic heterocycles. The molecule has 0 saturated carbocycles. The summed E-state index contributed by atoms with van der Waals surface area (Å²) in [6, 6.07) is 15.8. The number of hydrazine groups is 1. The molecule has 0 spiro atoms.